The maximum Gasteiger partial charge on any atom is 0.338 e. The van der Waals surface area contributed by atoms with Gasteiger partial charge in [0.15, 0.2) is 6.10 Å². The van der Waals surface area contributed by atoms with Gasteiger partial charge in [0.2, 0.25) is 10.0 Å². The number of rotatable bonds is 8. The second-order valence-electron chi connectivity index (χ2n) is 4.61. The lowest BCUT2D eigenvalue weighted by molar-refractivity contribution is -0.128. The number of hydrogen-bond donors (Lipinski definition) is 2. The molecule has 7 nitrogen and oxygen atoms in total. The largest absolute Gasteiger partial charge is 0.449 e. The average Bonchev–Trinajstić information content (AvgIpc) is 2.52. The molecule has 0 fully saturated rings. The zero-order chi connectivity index (χ0) is 17.5. The van der Waals surface area contributed by atoms with Crippen molar-refractivity contribution in [1.29, 1.82) is 0 Å². The van der Waals surface area contributed by atoms with Crippen LogP contribution in [0.3, 0.4) is 0 Å². The summed E-state index contributed by atoms with van der Waals surface area (Å²) in [5.41, 5.74) is 0.156. The number of carbonyl (C=O) groups is 2. The zero-order valence-corrected chi connectivity index (χ0v) is 13.9. The van der Waals surface area contributed by atoms with Crippen LogP contribution in [0.15, 0.2) is 41.8 Å². The summed E-state index contributed by atoms with van der Waals surface area (Å²) < 4.78 is 31.0. The van der Waals surface area contributed by atoms with Gasteiger partial charge in [0.25, 0.3) is 5.91 Å². The van der Waals surface area contributed by atoms with Crippen LogP contribution in [0.4, 0.5) is 0 Å². The fraction of sp³-hybridized carbons (Fsp3) is 0.333. The van der Waals surface area contributed by atoms with Crippen LogP contribution in [-0.4, -0.2) is 39.5 Å². The standard InChI is InChI=1S/C15H20N2O5S/c1-4-10-16-14(18)11(3)22-15(19)12-6-8-13(9-7-12)23(20,21)17-5-2/h4,6-9,11,17H,1,5,10H2,2-3H3,(H,16,18)/t11-/m1/s1. The highest BCUT2D eigenvalue weighted by atomic mass is 32.2. The van der Waals surface area contributed by atoms with Crippen LogP contribution in [0.25, 0.3) is 0 Å². The summed E-state index contributed by atoms with van der Waals surface area (Å²) in [6.45, 7) is 7.12. The molecule has 0 radical (unpaired) electrons. The molecule has 1 aromatic carbocycles. The van der Waals surface area contributed by atoms with E-state index in [-0.39, 0.29) is 23.5 Å². The van der Waals surface area contributed by atoms with E-state index in [4.69, 9.17) is 4.74 Å². The number of carbonyl (C=O) groups excluding carboxylic acids is 2. The molecule has 0 heterocycles. The van der Waals surface area contributed by atoms with Crippen LogP contribution < -0.4 is 10.0 Å². The number of sulfonamides is 1. The topological polar surface area (TPSA) is 102 Å². The van der Waals surface area contributed by atoms with Gasteiger partial charge in [0.05, 0.1) is 10.5 Å². The molecule has 0 saturated heterocycles. The van der Waals surface area contributed by atoms with Crippen LogP contribution >= 0.6 is 0 Å². The minimum absolute atomic E-state index is 0.0488. The molecule has 1 atom stereocenters. The van der Waals surface area contributed by atoms with Crippen LogP contribution in [0.2, 0.25) is 0 Å². The molecule has 1 rings (SSSR count). The summed E-state index contributed by atoms with van der Waals surface area (Å²) >= 11 is 0. The number of esters is 1. The molecule has 0 aliphatic heterocycles. The first-order chi connectivity index (χ1) is 10.8. The summed E-state index contributed by atoms with van der Waals surface area (Å²) in [5, 5.41) is 2.51. The minimum Gasteiger partial charge on any atom is -0.449 e. The molecule has 0 aromatic heterocycles. The molecule has 23 heavy (non-hydrogen) atoms. The molecule has 1 amide bonds. The van der Waals surface area contributed by atoms with Crippen molar-refractivity contribution in [3.63, 3.8) is 0 Å². The van der Waals surface area contributed by atoms with Crippen molar-refractivity contribution in [3.8, 4) is 0 Å². The lowest BCUT2D eigenvalue weighted by Crippen LogP contribution is -2.35. The first-order valence-corrected chi connectivity index (χ1v) is 8.49. The Balaban J connectivity index is 2.75. The van der Waals surface area contributed by atoms with E-state index in [0.29, 0.717) is 0 Å². The van der Waals surface area contributed by atoms with E-state index in [2.05, 4.69) is 16.6 Å². The second-order valence-corrected chi connectivity index (χ2v) is 6.37. The summed E-state index contributed by atoms with van der Waals surface area (Å²) in [7, 11) is -3.58. The number of benzene rings is 1. The lowest BCUT2D eigenvalue weighted by atomic mass is 10.2. The molecular weight excluding hydrogens is 320 g/mol. The number of hydrogen-bond acceptors (Lipinski definition) is 5. The molecule has 2 N–H and O–H groups in total. The van der Waals surface area contributed by atoms with Crippen LogP contribution in [0.1, 0.15) is 24.2 Å². The highest BCUT2D eigenvalue weighted by Gasteiger charge is 2.19. The Labute approximate surface area is 135 Å². The number of amides is 1. The van der Waals surface area contributed by atoms with Crippen molar-refractivity contribution < 1.29 is 22.7 Å². The molecule has 0 bridgehead atoms. The van der Waals surface area contributed by atoms with Crippen LogP contribution in [-0.2, 0) is 19.6 Å². The van der Waals surface area contributed by atoms with Gasteiger partial charge in [-0.2, -0.15) is 0 Å². The molecule has 0 aliphatic rings. The van der Waals surface area contributed by atoms with Gasteiger partial charge in [-0.05, 0) is 31.2 Å². The van der Waals surface area contributed by atoms with Crippen molar-refractivity contribution in [2.45, 2.75) is 24.8 Å². The van der Waals surface area contributed by atoms with Gasteiger partial charge in [-0.1, -0.05) is 13.0 Å². The van der Waals surface area contributed by atoms with Crippen molar-refractivity contribution in [3.05, 3.63) is 42.5 Å². The van der Waals surface area contributed by atoms with Crippen LogP contribution in [0, 0.1) is 0 Å². The molecule has 126 valence electrons. The third-order valence-corrected chi connectivity index (χ3v) is 4.37. The smallest absolute Gasteiger partial charge is 0.338 e. The highest BCUT2D eigenvalue weighted by Crippen LogP contribution is 2.12. The fourth-order valence-corrected chi connectivity index (χ4v) is 2.68. The van der Waals surface area contributed by atoms with Gasteiger partial charge in [0, 0.05) is 13.1 Å². The van der Waals surface area contributed by atoms with Crippen molar-refractivity contribution >= 4 is 21.9 Å². The first-order valence-electron chi connectivity index (χ1n) is 7.01. The molecular formula is C15H20N2O5S. The maximum atomic E-state index is 11.9. The van der Waals surface area contributed by atoms with Gasteiger partial charge in [0.1, 0.15) is 0 Å². The minimum atomic E-state index is -3.58. The monoisotopic (exact) mass is 340 g/mol. The van der Waals surface area contributed by atoms with E-state index in [1.165, 1.54) is 37.3 Å². The van der Waals surface area contributed by atoms with E-state index in [0.717, 1.165) is 0 Å². The van der Waals surface area contributed by atoms with E-state index in [9.17, 15) is 18.0 Å². The first kappa shape index (κ1) is 18.9. The Kier molecular flexibility index (Phi) is 6.92. The third kappa shape index (κ3) is 5.50. The van der Waals surface area contributed by atoms with E-state index in [1.807, 2.05) is 0 Å². The van der Waals surface area contributed by atoms with Gasteiger partial charge < -0.3 is 10.1 Å². The van der Waals surface area contributed by atoms with Crippen molar-refractivity contribution in [2.24, 2.45) is 0 Å². The van der Waals surface area contributed by atoms with E-state index in [1.54, 1.807) is 6.92 Å². The molecule has 0 saturated carbocycles. The van der Waals surface area contributed by atoms with Gasteiger partial charge in [-0.3, -0.25) is 4.79 Å². The van der Waals surface area contributed by atoms with Crippen molar-refractivity contribution in [1.82, 2.24) is 10.0 Å². The van der Waals surface area contributed by atoms with Crippen molar-refractivity contribution in [2.75, 3.05) is 13.1 Å². The Bertz CT molecular complexity index is 668. The Morgan fingerprint density at radius 2 is 1.91 bits per heavy atom. The predicted octanol–water partition coefficient (Wildman–Crippen LogP) is 0.832. The summed E-state index contributed by atoms with van der Waals surface area (Å²) in [5.74, 6) is -1.15. The quantitative estimate of drug-likeness (QED) is 0.539. The van der Waals surface area contributed by atoms with E-state index < -0.39 is 28.0 Å². The SMILES string of the molecule is C=CCNC(=O)[C@@H](C)OC(=O)c1ccc(S(=O)(=O)NCC)cc1. The summed E-state index contributed by atoms with van der Waals surface area (Å²) in [4.78, 5) is 23.6. The molecule has 1 aromatic rings. The third-order valence-electron chi connectivity index (χ3n) is 2.81. The predicted molar refractivity (Wildman–Crippen MR) is 85.4 cm³/mol. The molecule has 0 unspecified atom stereocenters. The maximum absolute atomic E-state index is 11.9. The average molecular weight is 340 g/mol. The highest BCUT2D eigenvalue weighted by molar-refractivity contribution is 7.89. The zero-order valence-electron chi connectivity index (χ0n) is 13.0. The molecule has 0 spiro atoms. The normalized spacial score (nSPS) is 12.3. The fourth-order valence-electron chi connectivity index (χ4n) is 1.64. The molecule has 0 aliphatic carbocycles. The summed E-state index contributed by atoms with van der Waals surface area (Å²) in [6.07, 6.45) is 0.545. The lowest BCUT2D eigenvalue weighted by Gasteiger charge is -2.13. The Morgan fingerprint density at radius 3 is 2.43 bits per heavy atom. The van der Waals surface area contributed by atoms with Gasteiger partial charge >= 0.3 is 5.97 Å². The molecule has 8 heteroatoms. The Morgan fingerprint density at radius 1 is 1.30 bits per heavy atom. The van der Waals surface area contributed by atoms with E-state index >= 15 is 0 Å². The summed E-state index contributed by atoms with van der Waals surface area (Å²) in [6, 6.07) is 5.27. The van der Waals surface area contributed by atoms with Crippen LogP contribution in [0.5, 0.6) is 0 Å². The van der Waals surface area contributed by atoms with Gasteiger partial charge in [-0.25, -0.2) is 17.9 Å². The van der Waals surface area contributed by atoms with Gasteiger partial charge in [-0.15, -0.1) is 6.58 Å². The number of ether oxygens (including phenoxy) is 1. The number of nitrogens with one attached hydrogen (secondary N) is 2. The Hall–Kier alpha value is -2.19. The second kappa shape index (κ2) is 8.44.